The molecule has 0 fully saturated rings. The van der Waals surface area contributed by atoms with Gasteiger partial charge in [-0.15, -0.1) is 11.3 Å². The number of aromatic nitrogens is 2. The Morgan fingerprint density at radius 3 is 2.89 bits per heavy atom. The van der Waals surface area contributed by atoms with Crippen molar-refractivity contribution in [1.29, 1.82) is 0 Å². The van der Waals surface area contributed by atoms with E-state index in [-0.39, 0.29) is 22.7 Å². The molecule has 0 amide bonds. The summed E-state index contributed by atoms with van der Waals surface area (Å²) in [4.78, 5) is 14.3. The number of aromatic carboxylic acids is 1. The lowest BCUT2D eigenvalue weighted by molar-refractivity contribution is 0.0702. The van der Waals surface area contributed by atoms with Crippen LogP contribution in [0.2, 0.25) is 0 Å². The van der Waals surface area contributed by atoms with Crippen molar-refractivity contribution in [1.82, 2.24) is 14.9 Å². The number of hydrogen-bond donors (Lipinski definition) is 2. The molecule has 0 aliphatic carbocycles. The molecule has 0 bridgehead atoms. The Kier molecular flexibility index (Phi) is 3.93. The van der Waals surface area contributed by atoms with Crippen LogP contribution in [0.15, 0.2) is 27.3 Å². The van der Waals surface area contributed by atoms with E-state index in [9.17, 15) is 13.2 Å². The zero-order valence-electron chi connectivity index (χ0n) is 9.44. The van der Waals surface area contributed by atoms with Gasteiger partial charge in [-0.2, -0.15) is 4.98 Å². The number of sulfonamides is 1. The van der Waals surface area contributed by atoms with Crippen molar-refractivity contribution in [3.05, 3.63) is 28.5 Å². The number of thiophene rings is 1. The molecule has 2 aromatic rings. The number of nitrogens with zero attached hydrogens (tertiary/aromatic N) is 2. The Morgan fingerprint density at radius 2 is 2.32 bits per heavy atom. The highest BCUT2D eigenvalue weighted by Crippen LogP contribution is 2.18. The lowest BCUT2D eigenvalue weighted by Crippen LogP contribution is -2.25. The standard InChI is InChI=1S/C9H9N3O5S2/c13-9(14)7-3-6(4-18-7)19(15,16)11-2-1-8-10-5-17-12-8/h3-5,11H,1-2H2,(H,13,14). The normalized spacial score (nSPS) is 11.6. The van der Waals surface area contributed by atoms with E-state index in [0.717, 1.165) is 23.8 Å². The molecule has 0 aliphatic rings. The van der Waals surface area contributed by atoms with Gasteiger partial charge in [0.05, 0.1) is 4.90 Å². The van der Waals surface area contributed by atoms with Gasteiger partial charge >= 0.3 is 5.97 Å². The van der Waals surface area contributed by atoms with Crippen molar-refractivity contribution in [3.8, 4) is 0 Å². The number of carbonyl (C=O) groups is 1. The molecule has 2 N–H and O–H groups in total. The Bertz CT molecular complexity index is 662. The summed E-state index contributed by atoms with van der Waals surface area (Å²) >= 11 is 0.857. The van der Waals surface area contributed by atoms with Gasteiger partial charge in [0.25, 0.3) is 0 Å². The van der Waals surface area contributed by atoms with Gasteiger partial charge in [-0.05, 0) is 6.07 Å². The summed E-state index contributed by atoms with van der Waals surface area (Å²) in [6.07, 6.45) is 1.44. The number of rotatable bonds is 6. The summed E-state index contributed by atoms with van der Waals surface area (Å²) in [7, 11) is -3.72. The van der Waals surface area contributed by atoms with Crippen molar-refractivity contribution >= 4 is 27.3 Å². The van der Waals surface area contributed by atoms with Crippen LogP contribution in [0.25, 0.3) is 0 Å². The summed E-state index contributed by atoms with van der Waals surface area (Å²) in [6.45, 7) is 0.0973. The van der Waals surface area contributed by atoms with Crippen LogP contribution in [0.5, 0.6) is 0 Å². The second kappa shape index (κ2) is 5.47. The molecule has 0 aromatic carbocycles. The molecule has 102 valence electrons. The minimum absolute atomic E-state index is 0.0291. The molecule has 0 saturated heterocycles. The summed E-state index contributed by atoms with van der Waals surface area (Å²) in [5, 5.41) is 13.6. The molecular formula is C9H9N3O5S2. The van der Waals surface area contributed by atoms with Crippen molar-refractivity contribution in [2.45, 2.75) is 11.3 Å². The lowest BCUT2D eigenvalue weighted by atomic mass is 10.4. The van der Waals surface area contributed by atoms with Crippen molar-refractivity contribution in [2.75, 3.05) is 6.54 Å². The average molecular weight is 303 g/mol. The minimum Gasteiger partial charge on any atom is -0.477 e. The van der Waals surface area contributed by atoms with Gasteiger partial charge in [0, 0.05) is 18.3 Å². The van der Waals surface area contributed by atoms with Crippen LogP contribution in [0, 0.1) is 0 Å². The second-order valence-electron chi connectivity index (χ2n) is 3.45. The highest BCUT2D eigenvalue weighted by Gasteiger charge is 2.18. The molecule has 0 aliphatic heterocycles. The number of nitrogens with one attached hydrogen (secondary N) is 1. The van der Waals surface area contributed by atoms with Gasteiger partial charge in [0.15, 0.2) is 5.82 Å². The summed E-state index contributed by atoms with van der Waals surface area (Å²) in [5.74, 6) is -0.766. The Hall–Kier alpha value is -1.78. The van der Waals surface area contributed by atoms with Crippen LogP contribution in [-0.2, 0) is 16.4 Å². The Balaban J connectivity index is 1.99. The molecule has 8 nitrogen and oxygen atoms in total. The van der Waals surface area contributed by atoms with Crippen LogP contribution >= 0.6 is 11.3 Å². The zero-order valence-corrected chi connectivity index (χ0v) is 11.1. The summed E-state index contributed by atoms with van der Waals surface area (Å²) < 4.78 is 30.5. The van der Waals surface area contributed by atoms with Crippen LogP contribution in [-0.4, -0.2) is 36.2 Å². The first-order chi connectivity index (χ1) is 8.99. The number of carboxylic acids is 1. The van der Waals surface area contributed by atoms with Crippen molar-refractivity contribution < 1.29 is 22.8 Å². The summed E-state index contributed by atoms with van der Waals surface area (Å²) in [5.41, 5.74) is 0. The molecular weight excluding hydrogens is 294 g/mol. The van der Waals surface area contributed by atoms with E-state index in [1.54, 1.807) is 0 Å². The monoisotopic (exact) mass is 303 g/mol. The van der Waals surface area contributed by atoms with Gasteiger partial charge in [-0.3, -0.25) is 0 Å². The first-order valence-corrected chi connectivity index (χ1v) is 7.42. The van der Waals surface area contributed by atoms with Gasteiger partial charge in [0.1, 0.15) is 4.88 Å². The Morgan fingerprint density at radius 1 is 1.53 bits per heavy atom. The third kappa shape index (κ3) is 3.36. The molecule has 0 atom stereocenters. The quantitative estimate of drug-likeness (QED) is 0.789. The van der Waals surface area contributed by atoms with E-state index in [4.69, 9.17) is 5.11 Å². The third-order valence-corrected chi connectivity index (χ3v) is 4.65. The molecule has 0 unspecified atom stereocenters. The van der Waals surface area contributed by atoms with E-state index >= 15 is 0 Å². The first-order valence-electron chi connectivity index (χ1n) is 5.06. The number of carboxylic acid groups (broad SMARTS) is 1. The van der Waals surface area contributed by atoms with Crippen LogP contribution in [0.4, 0.5) is 0 Å². The zero-order chi connectivity index (χ0) is 13.9. The van der Waals surface area contributed by atoms with E-state index in [1.807, 2.05) is 0 Å². The first kappa shape index (κ1) is 13.6. The molecule has 0 spiro atoms. The maximum Gasteiger partial charge on any atom is 0.345 e. The van der Waals surface area contributed by atoms with Gasteiger partial charge in [0.2, 0.25) is 16.4 Å². The topological polar surface area (TPSA) is 122 Å². The molecule has 19 heavy (non-hydrogen) atoms. The molecule has 2 heterocycles. The third-order valence-electron chi connectivity index (χ3n) is 2.14. The smallest absolute Gasteiger partial charge is 0.345 e. The molecule has 2 rings (SSSR count). The van der Waals surface area contributed by atoms with Gasteiger partial charge in [-0.1, -0.05) is 5.16 Å². The molecule has 0 radical (unpaired) electrons. The lowest BCUT2D eigenvalue weighted by Gasteiger charge is -2.02. The fraction of sp³-hybridized carbons (Fsp3) is 0.222. The SMILES string of the molecule is O=C(O)c1cc(S(=O)(=O)NCCc2ncon2)cs1. The van der Waals surface area contributed by atoms with E-state index in [2.05, 4.69) is 19.4 Å². The van der Waals surface area contributed by atoms with Gasteiger partial charge < -0.3 is 9.63 Å². The predicted octanol–water partition coefficient (Wildman–Crippen LogP) is 0.350. The maximum absolute atomic E-state index is 11.8. The number of hydrogen-bond acceptors (Lipinski definition) is 7. The molecule has 0 saturated carbocycles. The minimum atomic E-state index is -3.72. The highest BCUT2D eigenvalue weighted by molar-refractivity contribution is 7.89. The van der Waals surface area contributed by atoms with Gasteiger partial charge in [-0.25, -0.2) is 17.9 Å². The van der Waals surface area contributed by atoms with Crippen molar-refractivity contribution in [3.63, 3.8) is 0 Å². The van der Waals surface area contributed by atoms with Crippen LogP contribution in [0.1, 0.15) is 15.5 Å². The maximum atomic E-state index is 11.8. The second-order valence-corrected chi connectivity index (χ2v) is 6.13. The highest BCUT2D eigenvalue weighted by atomic mass is 32.2. The molecule has 2 aromatic heterocycles. The van der Waals surface area contributed by atoms with Crippen LogP contribution in [0.3, 0.4) is 0 Å². The predicted molar refractivity (Wildman–Crippen MR) is 64.5 cm³/mol. The van der Waals surface area contributed by atoms with E-state index in [0.29, 0.717) is 5.82 Å². The van der Waals surface area contributed by atoms with Crippen molar-refractivity contribution in [2.24, 2.45) is 0 Å². The molecule has 10 heteroatoms. The van der Waals surface area contributed by atoms with E-state index in [1.165, 1.54) is 5.38 Å². The fourth-order valence-electron chi connectivity index (χ4n) is 1.25. The fourth-order valence-corrected chi connectivity index (χ4v) is 3.40. The average Bonchev–Trinajstić information content (AvgIpc) is 2.99. The van der Waals surface area contributed by atoms with Crippen LogP contribution < -0.4 is 4.72 Å². The Labute approximate surface area is 112 Å². The van der Waals surface area contributed by atoms with E-state index < -0.39 is 16.0 Å². The summed E-state index contributed by atoms with van der Waals surface area (Å²) in [6, 6.07) is 1.11. The largest absolute Gasteiger partial charge is 0.477 e.